The summed E-state index contributed by atoms with van der Waals surface area (Å²) in [5, 5.41) is 2.64. The van der Waals surface area contributed by atoms with Crippen LogP contribution in [0.2, 0.25) is 0 Å². The van der Waals surface area contributed by atoms with Crippen LogP contribution >= 0.6 is 0 Å². The largest absolute Gasteiger partial charge is 0.359 e. The van der Waals surface area contributed by atoms with Crippen molar-refractivity contribution in [3.05, 3.63) is 23.3 Å². The minimum Gasteiger partial charge on any atom is -0.359 e. The van der Waals surface area contributed by atoms with Crippen molar-refractivity contribution >= 4 is 5.91 Å². The first-order valence-corrected chi connectivity index (χ1v) is 7.35. The van der Waals surface area contributed by atoms with Gasteiger partial charge in [-0.15, -0.1) is 0 Å². The topological polar surface area (TPSA) is 58.1 Å². The molecule has 1 amide bonds. The molecule has 0 saturated carbocycles. The molecule has 110 valence electrons. The lowest BCUT2D eigenvalue weighted by atomic mass is 9.99. The van der Waals surface area contributed by atoms with E-state index in [9.17, 15) is 4.79 Å². The predicted octanol–water partition coefficient (Wildman–Crippen LogP) is 1.62. The van der Waals surface area contributed by atoms with E-state index < -0.39 is 0 Å². The predicted molar refractivity (Wildman–Crippen MR) is 78.4 cm³/mol. The Morgan fingerprint density at radius 3 is 2.95 bits per heavy atom. The molecule has 1 fully saturated rings. The first-order chi connectivity index (χ1) is 9.60. The van der Waals surface area contributed by atoms with Gasteiger partial charge in [0, 0.05) is 19.2 Å². The molecule has 5 nitrogen and oxygen atoms in total. The van der Waals surface area contributed by atoms with Gasteiger partial charge in [-0.05, 0) is 45.8 Å². The van der Waals surface area contributed by atoms with Crippen molar-refractivity contribution in [3.8, 4) is 0 Å². The molecule has 0 radical (unpaired) electrons. The van der Waals surface area contributed by atoms with E-state index in [2.05, 4.69) is 33.3 Å². The van der Waals surface area contributed by atoms with Crippen molar-refractivity contribution in [3.63, 3.8) is 0 Å². The Balaban J connectivity index is 2.13. The first-order valence-electron chi connectivity index (χ1n) is 7.35. The molecule has 2 rings (SSSR count). The van der Waals surface area contributed by atoms with E-state index in [0.29, 0.717) is 18.9 Å². The summed E-state index contributed by atoms with van der Waals surface area (Å²) in [7, 11) is 3.82. The standard InChI is InChI=1S/C15H24N4O/c1-11-17-12(7-8-15(20)16-2)10-13(18-11)14-6-4-5-9-19(14)3/h10,14H,4-9H2,1-3H3,(H,16,20). The molecule has 1 aromatic rings. The third kappa shape index (κ3) is 3.76. The van der Waals surface area contributed by atoms with Gasteiger partial charge in [-0.1, -0.05) is 6.42 Å². The number of aryl methyl sites for hydroxylation is 2. The number of hydrogen-bond donors (Lipinski definition) is 1. The highest BCUT2D eigenvalue weighted by atomic mass is 16.1. The Kier molecular flexibility index (Phi) is 5.06. The van der Waals surface area contributed by atoms with Crippen molar-refractivity contribution in [2.24, 2.45) is 0 Å². The van der Waals surface area contributed by atoms with Crippen molar-refractivity contribution in [2.45, 2.75) is 45.1 Å². The maximum absolute atomic E-state index is 11.3. The number of hydrogen-bond acceptors (Lipinski definition) is 4. The molecule has 1 atom stereocenters. The Morgan fingerprint density at radius 2 is 2.25 bits per heavy atom. The van der Waals surface area contributed by atoms with Crippen LogP contribution in [0.5, 0.6) is 0 Å². The molecule has 1 saturated heterocycles. The van der Waals surface area contributed by atoms with Gasteiger partial charge in [0.2, 0.25) is 5.91 Å². The molecule has 1 aromatic heterocycles. The molecular weight excluding hydrogens is 252 g/mol. The maximum atomic E-state index is 11.3. The van der Waals surface area contributed by atoms with Gasteiger partial charge in [-0.25, -0.2) is 9.97 Å². The van der Waals surface area contributed by atoms with Crippen LogP contribution in [0.1, 0.15) is 48.9 Å². The fourth-order valence-corrected chi connectivity index (χ4v) is 2.77. The molecule has 0 spiro atoms. The molecule has 20 heavy (non-hydrogen) atoms. The number of likely N-dealkylation sites (tertiary alicyclic amines) is 1. The van der Waals surface area contributed by atoms with Crippen LogP contribution in [0.25, 0.3) is 0 Å². The molecular formula is C15H24N4O. The molecule has 2 heterocycles. The van der Waals surface area contributed by atoms with E-state index in [0.717, 1.165) is 30.2 Å². The average Bonchev–Trinajstić information content (AvgIpc) is 2.44. The van der Waals surface area contributed by atoms with E-state index in [1.807, 2.05) is 6.92 Å². The van der Waals surface area contributed by atoms with Gasteiger partial charge in [0.05, 0.1) is 11.7 Å². The molecule has 1 unspecified atom stereocenters. The molecule has 1 aliphatic rings. The maximum Gasteiger partial charge on any atom is 0.220 e. The summed E-state index contributed by atoms with van der Waals surface area (Å²) in [5.41, 5.74) is 2.07. The van der Waals surface area contributed by atoms with Crippen LogP contribution < -0.4 is 5.32 Å². The summed E-state index contributed by atoms with van der Waals surface area (Å²) in [6.45, 7) is 3.05. The SMILES string of the molecule is CNC(=O)CCc1cc(C2CCCCN2C)nc(C)n1. The number of piperidine rings is 1. The molecule has 0 bridgehead atoms. The van der Waals surface area contributed by atoms with Crippen molar-refractivity contribution in [1.29, 1.82) is 0 Å². The number of carbonyl (C=O) groups is 1. The fraction of sp³-hybridized carbons (Fsp3) is 0.667. The van der Waals surface area contributed by atoms with Crippen LogP contribution in [0.4, 0.5) is 0 Å². The van der Waals surface area contributed by atoms with Crippen LogP contribution in [0.15, 0.2) is 6.07 Å². The molecule has 1 aliphatic heterocycles. The first kappa shape index (κ1) is 14.9. The molecule has 0 aromatic carbocycles. The average molecular weight is 276 g/mol. The van der Waals surface area contributed by atoms with E-state index in [4.69, 9.17) is 0 Å². The highest BCUT2D eigenvalue weighted by Crippen LogP contribution is 2.28. The minimum absolute atomic E-state index is 0.0533. The van der Waals surface area contributed by atoms with Crippen LogP contribution in [-0.2, 0) is 11.2 Å². The van der Waals surface area contributed by atoms with Crippen molar-refractivity contribution < 1.29 is 4.79 Å². The van der Waals surface area contributed by atoms with Crippen molar-refractivity contribution in [1.82, 2.24) is 20.2 Å². The normalized spacial score (nSPS) is 19.9. The van der Waals surface area contributed by atoms with Gasteiger partial charge in [0.25, 0.3) is 0 Å². The van der Waals surface area contributed by atoms with Crippen LogP contribution in [0.3, 0.4) is 0 Å². The Hall–Kier alpha value is -1.49. The summed E-state index contributed by atoms with van der Waals surface area (Å²) >= 11 is 0. The summed E-state index contributed by atoms with van der Waals surface area (Å²) < 4.78 is 0. The number of rotatable bonds is 4. The minimum atomic E-state index is 0.0533. The summed E-state index contributed by atoms with van der Waals surface area (Å²) in [6, 6.07) is 2.46. The number of nitrogens with zero attached hydrogens (tertiary/aromatic N) is 3. The van der Waals surface area contributed by atoms with E-state index in [1.54, 1.807) is 7.05 Å². The zero-order chi connectivity index (χ0) is 14.5. The highest BCUT2D eigenvalue weighted by molar-refractivity contribution is 5.75. The summed E-state index contributed by atoms with van der Waals surface area (Å²) in [5.74, 6) is 0.853. The van der Waals surface area contributed by atoms with Gasteiger partial charge in [-0.3, -0.25) is 9.69 Å². The second-order valence-corrected chi connectivity index (χ2v) is 5.50. The molecule has 1 N–H and O–H groups in total. The monoisotopic (exact) mass is 276 g/mol. The van der Waals surface area contributed by atoms with E-state index in [1.165, 1.54) is 12.8 Å². The van der Waals surface area contributed by atoms with Gasteiger partial charge in [0.15, 0.2) is 0 Å². The lowest BCUT2D eigenvalue weighted by molar-refractivity contribution is -0.120. The Bertz CT molecular complexity index is 475. The van der Waals surface area contributed by atoms with Gasteiger partial charge in [-0.2, -0.15) is 0 Å². The smallest absolute Gasteiger partial charge is 0.220 e. The molecule has 0 aliphatic carbocycles. The summed E-state index contributed by atoms with van der Waals surface area (Å²) in [4.78, 5) is 22.8. The summed E-state index contributed by atoms with van der Waals surface area (Å²) in [6.07, 6.45) is 4.83. The lowest BCUT2D eigenvalue weighted by Crippen LogP contribution is -2.30. The number of nitrogens with one attached hydrogen (secondary N) is 1. The zero-order valence-electron chi connectivity index (χ0n) is 12.6. The zero-order valence-corrected chi connectivity index (χ0v) is 12.6. The van der Waals surface area contributed by atoms with Gasteiger partial charge in [0.1, 0.15) is 5.82 Å². The van der Waals surface area contributed by atoms with Crippen molar-refractivity contribution in [2.75, 3.05) is 20.6 Å². The third-order valence-electron chi connectivity index (χ3n) is 3.91. The second-order valence-electron chi connectivity index (χ2n) is 5.50. The van der Waals surface area contributed by atoms with Gasteiger partial charge < -0.3 is 5.32 Å². The van der Waals surface area contributed by atoms with Crippen LogP contribution in [-0.4, -0.2) is 41.4 Å². The van der Waals surface area contributed by atoms with Crippen LogP contribution in [0, 0.1) is 6.92 Å². The molecule has 5 heteroatoms. The number of carbonyl (C=O) groups excluding carboxylic acids is 1. The van der Waals surface area contributed by atoms with Gasteiger partial charge >= 0.3 is 0 Å². The third-order valence-corrected chi connectivity index (χ3v) is 3.91. The lowest BCUT2D eigenvalue weighted by Gasteiger charge is -2.32. The van der Waals surface area contributed by atoms with E-state index in [-0.39, 0.29) is 5.91 Å². The quantitative estimate of drug-likeness (QED) is 0.908. The Labute approximate surface area is 120 Å². The number of amides is 1. The Morgan fingerprint density at radius 1 is 1.45 bits per heavy atom. The van der Waals surface area contributed by atoms with E-state index >= 15 is 0 Å². The highest BCUT2D eigenvalue weighted by Gasteiger charge is 2.22. The fourth-order valence-electron chi connectivity index (χ4n) is 2.77. The second kappa shape index (κ2) is 6.79. The number of aromatic nitrogens is 2.